The molecule has 0 saturated carbocycles. The third-order valence-corrected chi connectivity index (χ3v) is 0.363. The highest BCUT2D eigenvalue weighted by Crippen LogP contribution is 1.58. The molecule has 0 aromatic heterocycles. The van der Waals surface area contributed by atoms with E-state index in [9.17, 15) is 8.42 Å². The molecule has 6 heteroatoms. The van der Waals surface area contributed by atoms with Crippen LogP contribution in [0.3, 0.4) is 0 Å². The molecule has 38 valence electrons. The van der Waals surface area contributed by atoms with Crippen LogP contribution in [0, 0.1) is 0 Å². The minimum absolute atomic E-state index is 0.914. The van der Waals surface area contributed by atoms with E-state index < -0.39 is 10.5 Å². The Morgan fingerprint density at radius 3 is 2.14 bits per heavy atom. The summed E-state index contributed by atoms with van der Waals surface area (Å²) in [6, 6.07) is 0. The number of hydrogen-bond donors (Lipinski definition) is 0. The van der Waals surface area contributed by atoms with Crippen LogP contribution in [-0.4, -0.2) is 14.5 Å². The first-order chi connectivity index (χ1) is 3.27. The molecular formula is CN2O3S. The molecular weight excluding hydrogens is 120 g/mol. The molecule has 0 spiro atoms. The average Bonchev–Trinajstić information content (AvgIpc) is 1.61. The molecule has 5 nitrogen and oxygen atoms in total. The third kappa shape index (κ3) is 5.00. The first kappa shape index (κ1) is 6.00. The summed E-state index contributed by atoms with van der Waals surface area (Å²) in [6.07, 6.45) is 0.914. The predicted octanol–water partition coefficient (Wildman–Crippen LogP) is -0.700. The van der Waals surface area contributed by atoms with Crippen molar-refractivity contribution < 1.29 is 13.2 Å². The van der Waals surface area contributed by atoms with E-state index in [0.29, 0.717) is 0 Å². The zero-order valence-corrected chi connectivity index (χ0v) is 3.84. The Morgan fingerprint density at radius 1 is 1.43 bits per heavy atom. The van der Waals surface area contributed by atoms with Gasteiger partial charge in [0.25, 0.3) is 6.08 Å². The topological polar surface area (TPSA) is 75.9 Å². The Labute approximate surface area is 40.4 Å². The monoisotopic (exact) mass is 120 g/mol. The maximum Gasteiger partial charge on any atom is 0.335 e. The van der Waals surface area contributed by atoms with Gasteiger partial charge in [0, 0.05) is 0 Å². The molecule has 0 rings (SSSR count). The number of carbonyl (C=O) groups excluding carboxylic acids is 1. The normalized spacial score (nSPS) is 6.29. The standard InChI is InChI=1S/CN2O3S/c4-1-2-3-7(5)6. The minimum Gasteiger partial charge on any atom is -0.209 e. The van der Waals surface area contributed by atoms with E-state index in [1.165, 1.54) is 0 Å². The van der Waals surface area contributed by atoms with Crippen molar-refractivity contribution in [3.05, 3.63) is 0 Å². The van der Waals surface area contributed by atoms with E-state index in [-0.39, 0.29) is 0 Å². The van der Waals surface area contributed by atoms with Gasteiger partial charge in [-0.2, -0.15) is 8.42 Å². The van der Waals surface area contributed by atoms with Crippen LogP contribution in [0.2, 0.25) is 0 Å². The Kier molecular flexibility index (Phi) is 2.74. The SMILES string of the molecule is O=C=NN=S(=O)=O. The first-order valence-corrected chi connectivity index (χ1v) is 2.18. The van der Waals surface area contributed by atoms with Crippen LogP contribution in [0.25, 0.3) is 0 Å². The van der Waals surface area contributed by atoms with Crippen LogP contribution >= 0.6 is 0 Å². The summed E-state index contributed by atoms with van der Waals surface area (Å²) in [5.74, 6) is 0. The van der Waals surface area contributed by atoms with Crippen molar-refractivity contribution in [3.8, 4) is 0 Å². The fourth-order valence-electron chi connectivity index (χ4n) is 0.0500. The van der Waals surface area contributed by atoms with Crippen LogP contribution < -0.4 is 0 Å². The van der Waals surface area contributed by atoms with Crippen molar-refractivity contribution in [1.82, 2.24) is 0 Å². The Hall–Kier alpha value is -1.00. The van der Waals surface area contributed by atoms with E-state index in [2.05, 4.69) is 9.57 Å². The molecule has 7 heavy (non-hydrogen) atoms. The summed E-state index contributed by atoms with van der Waals surface area (Å²) in [7, 11) is -2.62. The molecule has 0 amide bonds. The number of rotatable bonds is 1. The van der Waals surface area contributed by atoms with Crippen molar-refractivity contribution >= 4 is 16.6 Å². The Bertz CT molecular complexity index is 199. The first-order valence-electron chi connectivity index (χ1n) is 1.14. The highest BCUT2D eigenvalue weighted by atomic mass is 32.2. The maximum absolute atomic E-state index is 9.32. The lowest BCUT2D eigenvalue weighted by atomic mass is 11.6. The van der Waals surface area contributed by atoms with Crippen LogP contribution in [-0.2, 0) is 15.3 Å². The molecule has 0 bridgehead atoms. The molecule has 0 aliphatic heterocycles. The van der Waals surface area contributed by atoms with Crippen molar-refractivity contribution in [1.29, 1.82) is 0 Å². The highest BCUT2D eigenvalue weighted by molar-refractivity contribution is 7.61. The molecule has 0 radical (unpaired) electrons. The molecule has 0 aliphatic carbocycles. The molecule has 0 aromatic carbocycles. The van der Waals surface area contributed by atoms with E-state index >= 15 is 0 Å². The second kappa shape index (κ2) is 3.20. The van der Waals surface area contributed by atoms with Gasteiger partial charge in [0.2, 0.25) is 0 Å². The lowest BCUT2D eigenvalue weighted by Crippen LogP contribution is -1.50. The van der Waals surface area contributed by atoms with Gasteiger partial charge in [-0.05, 0) is 9.57 Å². The number of hydrogen-bond acceptors (Lipinski definition) is 4. The predicted molar refractivity (Wildman–Crippen MR) is 19.5 cm³/mol. The van der Waals surface area contributed by atoms with Gasteiger partial charge in [-0.15, -0.1) is 0 Å². The van der Waals surface area contributed by atoms with Gasteiger partial charge in [-0.1, -0.05) is 0 Å². The van der Waals surface area contributed by atoms with E-state index in [0.717, 1.165) is 6.08 Å². The van der Waals surface area contributed by atoms with Gasteiger partial charge >= 0.3 is 10.5 Å². The fraction of sp³-hybridized carbons (Fsp3) is 0. The zero-order valence-electron chi connectivity index (χ0n) is 3.03. The molecule has 0 unspecified atom stereocenters. The van der Waals surface area contributed by atoms with Crippen molar-refractivity contribution in [2.75, 3.05) is 0 Å². The summed E-state index contributed by atoms with van der Waals surface area (Å²) in [5.41, 5.74) is 0. The minimum atomic E-state index is -2.62. The van der Waals surface area contributed by atoms with Crippen LogP contribution in [0.15, 0.2) is 9.57 Å². The van der Waals surface area contributed by atoms with E-state index in [4.69, 9.17) is 4.79 Å². The smallest absolute Gasteiger partial charge is 0.209 e. The van der Waals surface area contributed by atoms with Crippen molar-refractivity contribution in [3.63, 3.8) is 0 Å². The molecule has 0 aromatic rings. The summed E-state index contributed by atoms with van der Waals surface area (Å²) in [4.78, 5) is 9.05. The summed E-state index contributed by atoms with van der Waals surface area (Å²) in [5, 5.41) is 2.38. The van der Waals surface area contributed by atoms with Gasteiger partial charge in [-0.3, -0.25) is 0 Å². The van der Waals surface area contributed by atoms with Crippen LogP contribution in [0.4, 0.5) is 0 Å². The maximum atomic E-state index is 9.32. The Morgan fingerprint density at radius 2 is 2.00 bits per heavy atom. The fourth-order valence-corrected chi connectivity index (χ4v) is 0.150. The van der Waals surface area contributed by atoms with Crippen molar-refractivity contribution in [2.45, 2.75) is 0 Å². The average molecular weight is 120 g/mol. The quantitative estimate of drug-likeness (QED) is 0.261. The van der Waals surface area contributed by atoms with E-state index in [1.54, 1.807) is 0 Å². The molecule has 0 N–H and O–H groups in total. The van der Waals surface area contributed by atoms with E-state index in [1.807, 2.05) is 0 Å². The lowest BCUT2D eigenvalue weighted by Gasteiger charge is -1.46. The van der Waals surface area contributed by atoms with Gasteiger partial charge in [0.1, 0.15) is 0 Å². The lowest BCUT2D eigenvalue weighted by molar-refractivity contribution is 0.563. The van der Waals surface area contributed by atoms with Crippen LogP contribution in [0.1, 0.15) is 0 Å². The molecule has 0 heterocycles. The summed E-state index contributed by atoms with van der Waals surface area (Å²) in [6.45, 7) is 0. The third-order valence-electron chi connectivity index (χ3n) is 0.148. The van der Waals surface area contributed by atoms with Gasteiger partial charge in [0.05, 0.1) is 0 Å². The molecule has 0 atom stereocenters. The zero-order chi connectivity index (χ0) is 5.70. The Balaban J connectivity index is 4.27. The van der Waals surface area contributed by atoms with Gasteiger partial charge < -0.3 is 0 Å². The second-order valence-corrected chi connectivity index (χ2v) is 1.09. The largest absolute Gasteiger partial charge is 0.335 e. The van der Waals surface area contributed by atoms with Crippen molar-refractivity contribution in [2.24, 2.45) is 9.57 Å². The highest BCUT2D eigenvalue weighted by Gasteiger charge is 1.59. The summed E-state index contributed by atoms with van der Waals surface area (Å²) >= 11 is 0. The van der Waals surface area contributed by atoms with Gasteiger partial charge in [0.15, 0.2) is 0 Å². The molecule has 0 saturated heterocycles. The molecule has 0 aliphatic rings. The second-order valence-electron chi connectivity index (χ2n) is 0.490. The summed E-state index contributed by atoms with van der Waals surface area (Å²) < 4.78 is 21.0. The van der Waals surface area contributed by atoms with Crippen LogP contribution in [0.5, 0.6) is 0 Å². The molecule has 0 fully saturated rings. The number of isocyanates is 1. The van der Waals surface area contributed by atoms with Gasteiger partial charge in [-0.25, -0.2) is 4.79 Å². The number of nitrogens with zero attached hydrogens (tertiary/aromatic N) is 2.